The number of amides is 1. The molecule has 0 saturated heterocycles. The van der Waals surface area contributed by atoms with Crippen molar-refractivity contribution in [3.05, 3.63) is 54.5 Å². The lowest BCUT2D eigenvalue weighted by Gasteiger charge is -2.16. The van der Waals surface area contributed by atoms with Crippen LogP contribution in [0.1, 0.15) is 12.7 Å². The molecule has 1 amide bonds. The van der Waals surface area contributed by atoms with Gasteiger partial charge < -0.3 is 19.2 Å². The summed E-state index contributed by atoms with van der Waals surface area (Å²) in [6, 6.07) is 10.9. The van der Waals surface area contributed by atoms with Gasteiger partial charge >= 0.3 is 0 Å². The van der Waals surface area contributed by atoms with Crippen molar-refractivity contribution in [2.75, 3.05) is 13.7 Å². The van der Waals surface area contributed by atoms with Gasteiger partial charge in [0.15, 0.2) is 11.5 Å². The maximum absolute atomic E-state index is 11.7. The fourth-order valence-corrected chi connectivity index (χ4v) is 1.82. The van der Waals surface area contributed by atoms with Crippen LogP contribution in [-0.4, -0.2) is 25.7 Å². The van der Waals surface area contributed by atoms with Crippen LogP contribution in [-0.2, 0) is 4.79 Å². The van der Waals surface area contributed by atoms with Gasteiger partial charge in [0.1, 0.15) is 11.9 Å². The first-order valence-corrected chi connectivity index (χ1v) is 6.98. The van der Waals surface area contributed by atoms with E-state index in [0.717, 1.165) is 0 Å². The molecule has 5 heteroatoms. The van der Waals surface area contributed by atoms with Gasteiger partial charge in [-0.05, 0) is 37.3 Å². The summed E-state index contributed by atoms with van der Waals surface area (Å²) < 4.78 is 16.1. The van der Waals surface area contributed by atoms with Crippen LogP contribution in [0.3, 0.4) is 0 Å². The summed E-state index contributed by atoms with van der Waals surface area (Å²) in [5, 5.41) is 2.77. The number of furan rings is 1. The van der Waals surface area contributed by atoms with Crippen LogP contribution in [0.2, 0.25) is 0 Å². The summed E-state index contributed by atoms with van der Waals surface area (Å²) in [7, 11) is 1.59. The summed E-state index contributed by atoms with van der Waals surface area (Å²) in [6.07, 6.45) is 4.41. The quantitative estimate of drug-likeness (QED) is 0.799. The summed E-state index contributed by atoms with van der Waals surface area (Å²) in [4.78, 5) is 11.7. The smallest absolute Gasteiger partial charge is 0.244 e. The van der Waals surface area contributed by atoms with Crippen molar-refractivity contribution in [1.82, 2.24) is 5.32 Å². The molecule has 0 saturated carbocycles. The first kappa shape index (κ1) is 15.7. The minimum atomic E-state index is -0.202. The number of carbonyl (C=O) groups excluding carboxylic acids is 1. The lowest BCUT2D eigenvalue weighted by atomic mass is 10.3. The van der Waals surface area contributed by atoms with E-state index in [4.69, 9.17) is 13.9 Å². The number of ether oxygens (including phenoxy) is 2. The Balaban J connectivity index is 1.80. The normalized spacial score (nSPS) is 12.1. The van der Waals surface area contributed by atoms with Crippen LogP contribution in [0.5, 0.6) is 11.5 Å². The van der Waals surface area contributed by atoms with E-state index in [1.807, 2.05) is 31.2 Å². The highest BCUT2D eigenvalue weighted by atomic mass is 16.5. The summed E-state index contributed by atoms with van der Waals surface area (Å²) in [5.74, 6) is 1.75. The molecule has 0 fully saturated rings. The van der Waals surface area contributed by atoms with E-state index >= 15 is 0 Å². The zero-order chi connectivity index (χ0) is 15.8. The van der Waals surface area contributed by atoms with Crippen LogP contribution in [0.15, 0.2) is 53.2 Å². The second-order valence-corrected chi connectivity index (χ2v) is 4.67. The van der Waals surface area contributed by atoms with Gasteiger partial charge in [-0.25, -0.2) is 0 Å². The van der Waals surface area contributed by atoms with Gasteiger partial charge in [-0.1, -0.05) is 12.1 Å². The largest absolute Gasteiger partial charge is 0.493 e. The van der Waals surface area contributed by atoms with Crippen molar-refractivity contribution in [2.24, 2.45) is 0 Å². The standard InChI is InChI=1S/C17H19NO4/c1-13(22-16-8-4-3-7-15(16)20-2)12-18-17(19)10-9-14-6-5-11-21-14/h3-11,13H,12H2,1-2H3,(H,18,19)/b10-9-/t13-/m1/s1. The Morgan fingerprint density at radius 3 is 2.73 bits per heavy atom. The molecule has 0 unspecified atom stereocenters. The van der Waals surface area contributed by atoms with Gasteiger partial charge in [-0.2, -0.15) is 0 Å². The third-order valence-electron chi connectivity index (χ3n) is 2.90. The Labute approximate surface area is 129 Å². The molecule has 0 aliphatic rings. The summed E-state index contributed by atoms with van der Waals surface area (Å²) in [5.41, 5.74) is 0. The van der Waals surface area contributed by atoms with Gasteiger partial charge in [-0.15, -0.1) is 0 Å². The average molecular weight is 301 g/mol. The first-order valence-electron chi connectivity index (χ1n) is 6.98. The Morgan fingerprint density at radius 1 is 1.27 bits per heavy atom. The van der Waals surface area contributed by atoms with E-state index in [0.29, 0.717) is 23.8 Å². The summed E-state index contributed by atoms with van der Waals surface area (Å²) in [6.45, 7) is 2.27. The average Bonchev–Trinajstić information content (AvgIpc) is 3.05. The molecule has 116 valence electrons. The van der Waals surface area contributed by atoms with Gasteiger partial charge in [0.25, 0.3) is 0 Å². The first-order chi connectivity index (χ1) is 10.7. The molecular formula is C17H19NO4. The summed E-state index contributed by atoms with van der Waals surface area (Å²) >= 11 is 0. The molecule has 1 heterocycles. The topological polar surface area (TPSA) is 60.7 Å². The highest BCUT2D eigenvalue weighted by molar-refractivity contribution is 5.91. The number of hydrogen-bond donors (Lipinski definition) is 1. The van der Waals surface area contributed by atoms with Crippen LogP contribution in [0.25, 0.3) is 6.08 Å². The van der Waals surface area contributed by atoms with Gasteiger partial charge in [0, 0.05) is 6.08 Å². The van der Waals surface area contributed by atoms with E-state index in [2.05, 4.69) is 5.32 Å². The molecule has 0 spiro atoms. The van der Waals surface area contributed by atoms with E-state index in [1.54, 1.807) is 31.6 Å². The number of benzene rings is 1. The van der Waals surface area contributed by atoms with E-state index < -0.39 is 0 Å². The van der Waals surface area contributed by atoms with E-state index in [-0.39, 0.29) is 12.0 Å². The zero-order valence-corrected chi connectivity index (χ0v) is 12.6. The van der Waals surface area contributed by atoms with E-state index in [1.165, 1.54) is 6.08 Å². The van der Waals surface area contributed by atoms with E-state index in [9.17, 15) is 4.79 Å². The molecule has 1 aromatic heterocycles. The Bertz CT molecular complexity index is 619. The fraction of sp³-hybridized carbons (Fsp3) is 0.235. The molecule has 22 heavy (non-hydrogen) atoms. The SMILES string of the molecule is COc1ccccc1O[C@H](C)CNC(=O)/C=C\c1ccco1. The molecule has 0 radical (unpaired) electrons. The van der Waals surface area contributed by atoms with Crippen molar-refractivity contribution in [2.45, 2.75) is 13.0 Å². The lowest BCUT2D eigenvalue weighted by Crippen LogP contribution is -2.32. The van der Waals surface area contributed by atoms with Gasteiger partial charge in [0.2, 0.25) is 5.91 Å². The highest BCUT2D eigenvalue weighted by Gasteiger charge is 2.09. The third kappa shape index (κ3) is 4.70. The molecule has 1 N–H and O–H groups in total. The predicted octanol–water partition coefficient (Wildman–Crippen LogP) is 2.89. The molecule has 0 bridgehead atoms. The predicted molar refractivity (Wildman–Crippen MR) is 83.8 cm³/mol. The second kappa shape index (κ2) is 7.93. The zero-order valence-electron chi connectivity index (χ0n) is 12.6. The number of rotatable bonds is 7. The van der Waals surface area contributed by atoms with Crippen LogP contribution in [0, 0.1) is 0 Å². The molecular weight excluding hydrogens is 282 g/mol. The molecule has 0 aliphatic carbocycles. The maximum atomic E-state index is 11.7. The van der Waals surface area contributed by atoms with Gasteiger partial charge in [-0.3, -0.25) is 4.79 Å². The number of nitrogens with one attached hydrogen (secondary N) is 1. The second-order valence-electron chi connectivity index (χ2n) is 4.67. The van der Waals surface area contributed by atoms with Crippen LogP contribution >= 0.6 is 0 Å². The number of methoxy groups -OCH3 is 1. The minimum Gasteiger partial charge on any atom is -0.493 e. The van der Waals surface area contributed by atoms with Crippen molar-refractivity contribution >= 4 is 12.0 Å². The third-order valence-corrected chi connectivity index (χ3v) is 2.90. The van der Waals surface area contributed by atoms with Crippen LogP contribution < -0.4 is 14.8 Å². The molecule has 2 rings (SSSR count). The fourth-order valence-electron chi connectivity index (χ4n) is 1.82. The molecule has 0 aliphatic heterocycles. The monoisotopic (exact) mass is 301 g/mol. The van der Waals surface area contributed by atoms with Crippen molar-refractivity contribution < 1.29 is 18.7 Å². The molecule has 1 aromatic carbocycles. The van der Waals surface area contributed by atoms with Crippen LogP contribution in [0.4, 0.5) is 0 Å². The highest BCUT2D eigenvalue weighted by Crippen LogP contribution is 2.26. The Hall–Kier alpha value is -2.69. The lowest BCUT2D eigenvalue weighted by molar-refractivity contribution is -0.116. The van der Waals surface area contributed by atoms with Crippen molar-refractivity contribution in [3.8, 4) is 11.5 Å². The van der Waals surface area contributed by atoms with Crippen molar-refractivity contribution in [3.63, 3.8) is 0 Å². The number of para-hydroxylation sites is 2. The molecule has 2 aromatic rings. The number of carbonyl (C=O) groups is 1. The van der Waals surface area contributed by atoms with Gasteiger partial charge in [0.05, 0.1) is 19.9 Å². The number of hydrogen-bond acceptors (Lipinski definition) is 4. The molecule has 5 nitrogen and oxygen atoms in total. The maximum Gasteiger partial charge on any atom is 0.244 e. The minimum absolute atomic E-state index is 0.183. The molecule has 1 atom stereocenters. The van der Waals surface area contributed by atoms with Crippen molar-refractivity contribution in [1.29, 1.82) is 0 Å². The Kier molecular flexibility index (Phi) is 5.65. The Morgan fingerprint density at radius 2 is 2.05 bits per heavy atom.